The van der Waals surface area contributed by atoms with Crippen molar-refractivity contribution in [2.24, 2.45) is 10.9 Å². The van der Waals surface area contributed by atoms with Gasteiger partial charge >= 0.3 is 0 Å². The number of aromatic amines is 1. The summed E-state index contributed by atoms with van der Waals surface area (Å²) in [7, 11) is -3.94. The van der Waals surface area contributed by atoms with E-state index in [1.807, 2.05) is 30.3 Å². The van der Waals surface area contributed by atoms with Crippen LogP contribution in [0.5, 0.6) is 0 Å². The number of nitrogens with one attached hydrogen (secondary N) is 2. The molecule has 1 aromatic heterocycles. The van der Waals surface area contributed by atoms with Gasteiger partial charge in [0, 0.05) is 11.8 Å². The molecule has 0 saturated carbocycles. The zero-order valence-corrected chi connectivity index (χ0v) is 13.6. The molecular weight excluding hydrogens is 326 g/mol. The Morgan fingerprint density at radius 3 is 2.38 bits per heavy atom. The highest BCUT2D eigenvalue weighted by Gasteiger charge is 2.26. The van der Waals surface area contributed by atoms with Crippen LogP contribution < -0.4 is 10.9 Å². The first kappa shape index (κ1) is 16.2. The summed E-state index contributed by atoms with van der Waals surface area (Å²) in [6.45, 7) is 0. The number of nitrogens with two attached hydrogens (primary N) is 2. The van der Waals surface area contributed by atoms with Crippen LogP contribution in [0.3, 0.4) is 0 Å². The zero-order valence-electron chi connectivity index (χ0n) is 12.8. The van der Waals surface area contributed by atoms with E-state index in [1.54, 1.807) is 6.20 Å². The molecule has 24 heavy (non-hydrogen) atoms. The molecule has 0 fully saturated rings. The summed E-state index contributed by atoms with van der Waals surface area (Å²) in [4.78, 5) is -0.0751. The highest BCUT2D eigenvalue weighted by molar-refractivity contribution is 7.93. The third kappa shape index (κ3) is 3.01. The third-order valence-electron chi connectivity index (χ3n) is 3.89. The number of aromatic nitrogens is 2. The third-order valence-corrected chi connectivity index (χ3v) is 4.88. The van der Waals surface area contributed by atoms with E-state index in [0.717, 1.165) is 16.8 Å². The largest absolute Gasteiger partial charge is 0.384 e. The van der Waals surface area contributed by atoms with Crippen molar-refractivity contribution in [2.45, 2.75) is 12.8 Å². The lowest BCUT2D eigenvalue weighted by atomic mass is 9.90. The second kappa shape index (κ2) is 6.06. The number of benzene rings is 1. The number of nitrogens with zero attached hydrogens (tertiary/aromatic N) is 1. The van der Waals surface area contributed by atoms with E-state index in [9.17, 15) is 8.42 Å². The first-order chi connectivity index (χ1) is 11.4. The molecule has 1 heterocycles. The maximum Gasteiger partial charge on any atom is 0.238 e. The molecule has 7 nitrogen and oxygen atoms in total. The second-order valence-electron chi connectivity index (χ2n) is 5.47. The summed E-state index contributed by atoms with van der Waals surface area (Å²) < 4.78 is 23.6. The smallest absolute Gasteiger partial charge is 0.238 e. The van der Waals surface area contributed by atoms with E-state index in [1.165, 1.54) is 6.08 Å². The normalized spacial score (nSPS) is 15.3. The highest BCUT2D eigenvalue weighted by atomic mass is 32.2. The molecule has 6 N–H and O–H groups in total. The van der Waals surface area contributed by atoms with Crippen LogP contribution in [0.4, 0.5) is 0 Å². The van der Waals surface area contributed by atoms with Gasteiger partial charge in [0.2, 0.25) is 10.0 Å². The molecule has 0 bridgehead atoms. The fraction of sp³-hybridized carbons (Fsp3) is 0.125. The van der Waals surface area contributed by atoms with Crippen molar-refractivity contribution in [2.75, 3.05) is 0 Å². The van der Waals surface area contributed by atoms with Crippen LogP contribution in [0.15, 0.2) is 53.1 Å². The summed E-state index contributed by atoms with van der Waals surface area (Å²) in [6, 6.07) is 9.42. The van der Waals surface area contributed by atoms with Crippen LogP contribution in [0.25, 0.3) is 16.8 Å². The number of amidine groups is 1. The number of sulfonamides is 1. The van der Waals surface area contributed by atoms with Crippen LogP contribution in [-0.4, -0.2) is 24.5 Å². The molecule has 0 amide bonds. The van der Waals surface area contributed by atoms with E-state index < -0.39 is 10.0 Å². The molecule has 1 aromatic carbocycles. The maximum absolute atomic E-state index is 11.8. The van der Waals surface area contributed by atoms with Crippen LogP contribution >= 0.6 is 0 Å². The molecule has 0 radical (unpaired) electrons. The van der Waals surface area contributed by atoms with Gasteiger partial charge in [-0.05, 0) is 35.6 Å². The van der Waals surface area contributed by atoms with Gasteiger partial charge in [-0.15, -0.1) is 0 Å². The van der Waals surface area contributed by atoms with Gasteiger partial charge in [0.15, 0.2) is 0 Å². The lowest BCUT2D eigenvalue weighted by Gasteiger charge is -2.20. The minimum Gasteiger partial charge on any atom is -0.384 e. The summed E-state index contributed by atoms with van der Waals surface area (Å²) in [5.74, 6) is -0.303. The molecule has 0 saturated heterocycles. The Morgan fingerprint density at radius 2 is 1.83 bits per heavy atom. The number of hydrogen-bond acceptors (Lipinski definition) is 4. The zero-order chi connectivity index (χ0) is 17.3. The second-order valence-corrected chi connectivity index (χ2v) is 7.00. The topological polar surface area (TPSA) is 139 Å². The van der Waals surface area contributed by atoms with Crippen molar-refractivity contribution in [3.05, 3.63) is 58.6 Å². The molecule has 0 spiro atoms. The monoisotopic (exact) mass is 343 g/mol. The van der Waals surface area contributed by atoms with Crippen molar-refractivity contribution in [1.82, 2.24) is 10.2 Å². The average molecular weight is 343 g/mol. The van der Waals surface area contributed by atoms with Crippen molar-refractivity contribution in [3.8, 4) is 11.3 Å². The van der Waals surface area contributed by atoms with Gasteiger partial charge in [0.05, 0.1) is 10.6 Å². The first-order valence-electron chi connectivity index (χ1n) is 7.29. The van der Waals surface area contributed by atoms with E-state index in [0.29, 0.717) is 18.4 Å². The lowest BCUT2D eigenvalue weighted by molar-refractivity contribution is 0.604. The molecule has 2 aromatic rings. The van der Waals surface area contributed by atoms with Crippen molar-refractivity contribution in [1.29, 1.82) is 5.41 Å². The number of allylic oxidation sites excluding steroid dienone is 2. The maximum atomic E-state index is 11.8. The fourth-order valence-electron chi connectivity index (χ4n) is 2.83. The summed E-state index contributed by atoms with van der Waals surface area (Å²) >= 11 is 0. The Hall–Kier alpha value is -2.71. The van der Waals surface area contributed by atoms with Crippen LogP contribution in [-0.2, 0) is 10.0 Å². The van der Waals surface area contributed by atoms with E-state index >= 15 is 0 Å². The predicted molar refractivity (Wildman–Crippen MR) is 93.3 cm³/mol. The molecule has 0 unspecified atom stereocenters. The number of H-pyrrole nitrogens is 1. The molecule has 1 aliphatic carbocycles. The van der Waals surface area contributed by atoms with Gasteiger partial charge in [-0.25, -0.2) is 13.6 Å². The molecule has 1 aliphatic rings. The highest BCUT2D eigenvalue weighted by Crippen LogP contribution is 2.34. The summed E-state index contributed by atoms with van der Waals surface area (Å²) in [5, 5.41) is 19.9. The predicted octanol–water partition coefficient (Wildman–Crippen LogP) is 1.73. The SMILES string of the molecule is N=C(N)C1=C(c2ccc(-c3ccn[nH]3)cc2)CCC=C1S(N)(=O)=O. The number of hydrogen-bond donors (Lipinski definition) is 4. The Bertz CT molecular complexity index is 939. The lowest BCUT2D eigenvalue weighted by Crippen LogP contribution is -2.26. The Labute approximate surface area is 139 Å². The van der Waals surface area contributed by atoms with Gasteiger partial charge in [-0.1, -0.05) is 30.3 Å². The van der Waals surface area contributed by atoms with E-state index in [2.05, 4.69) is 10.2 Å². The Balaban J connectivity index is 2.09. The standard InChI is InChI=1S/C16H17N5O2S/c17-16(18)15-12(2-1-3-14(15)24(19,22)23)10-4-6-11(7-5-10)13-8-9-20-21-13/h3-9H,1-2H2,(H3,17,18)(H,20,21)(H2,19,22,23). The molecular formula is C16H17N5O2S. The molecule has 0 aliphatic heterocycles. The molecule has 8 heteroatoms. The fourth-order valence-corrected chi connectivity index (χ4v) is 3.70. The van der Waals surface area contributed by atoms with Gasteiger partial charge in [-0.3, -0.25) is 10.5 Å². The van der Waals surface area contributed by atoms with Gasteiger partial charge in [0.25, 0.3) is 0 Å². The number of rotatable bonds is 4. The van der Waals surface area contributed by atoms with Gasteiger partial charge < -0.3 is 5.73 Å². The summed E-state index contributed by atoms with van der Waals surface area (Å²) in [5.41, 5.74) is 9.21. The molecule has 0 atom stereocenters. The van der Waals surface area contributed by atoms with Gasteiger partial charge in [-0.2, -0.15) is 5.10 Å². The van der Waals surface area contributed by atoms with Crippen molar-refractivity contribution in [3.63, 3.8) is 0 Å². The van der Waals surface area contributed by atoms with E-state index in [-0.39, 0.29) is 16.3 Å². The first-order valence-corrected chi connectivity index (χ1v) is 8.83. The van der Waals surface area contributed by atoms with Gasteiger partial charge in [0.1, 0.15) is 5.84 Å². The van der Waals surface area contributed by atoms with Crippen molar-refractivity contribution < 1.29 is 8.42 Å². The quantitative estimate of drug-likeness (QED) is 0.496. The minimum atomic E-state index is -3.94. The van der Waals surface area contributed by atoms with E-state index in [4.69, 9.17) is 16.3 Å². The Morgan fingerprint density at radius 1 is 1.17 bits per heavy atom. The van der Waals surface area contributed by atoms with Crippen LogP contribution in [0.2, 0.25) is 0 Å². The molecule has 124 valence electrons. The van der Waals surface area contributed by atoms with Crippen molar-refractivity contribution >= 4 is 21.4 Å². The minimum absolute atomic E-state index is 0.0751. The summed E-state index contributed by atoms with van der Waals surface area (Å²) in [6.07, 6.45) is 4.32. The Kier molecular flexibility index (Phi) is 4.08. The molecule has 3 rings (SSSR count). The number of primary sulfonamides is 1. The van der Waals surface area contributed by atoms with Crippen LogP contribution in [0.1, 0.15) is 18.4 Å². The average Bonchev–Trinajstić information content (AvgIpc) is 3.08. The van der Waals surface area contributed by atoms with Crippen LogP contribution in [0, 0.1) is 5.41 Å².